The molecule has 134 valence electrons. The van der Waals surface area contributed by atoms with Crippen LogP contribution in [0.3, 0.4) is 0 Å². The fourth-order valence-electron chi connectivity index (χ4n) is 2.36. The second-order valence-electron chi connectivity index (χ2n) is 5.63. The third-order valence-electron chi connectivity index (χ3n) is 3.80. The van der Waals surface area contributed by atoms with Crippen molar-refractivity contribution in [3.63, 3.8) is 0 Å². The minimum absolute atomic E-state index is 0.0792. The van der Waals surface area contributed by atoms with Crippen molar-refractivity contribution in [2.45, 2.75) is 65.7 Å². The number of ether oxygens (including phenoxy) is 1. The summed E-state index contributed by atoms with van der Waals surface area (Å²) in [6, 6.07) is 0. The van der Waals surface area contributed by atoms with E-state index in [1.165, 1.54) is 0 Å². The molecule has 0 aromatic carbocycles. The van der Waals surface area contributed by atoms with E-state index in [4.69, 9.17) is 4.74 Å². The van der Waals surface area contributed by atoms with E-state index in [0.717, 1.165) is 32.1 Å². The lowest BCUT2D eigenvalue weighted by Gasteiger charge is -2.12. The number of hydroxylamine groups is 2. The SMILES string of the molecule is CC.CCCC#CCC[C@H]1C[C@H]1COC(=O)ON1C(=O)CCC1=O. The van der Waals surface area contributed by atoms with Gasteiger partial charge in [-0.3, -0.25) is 14.4 Å². The van der Waals surface area contributed by atoms with Crippen LogP contribution in [0.1, 0.15) is 65.7 Å². The highest BCUT2D eigenvalue weighted by Gasteiger charge is 2.38. The summed E-state index contributed by atoms with van der Waals surface area (Å²) >= 11 is 0. The van der Waals surface area contributed by atoms with Gasteiger partial charge in [0.15, 0.2) is 0 Å². The molecule has 0 aromatic rings. The lowest BCUT2D eigenvalue weighted by Crippen LogP contribution is -2.32. The molecule has 2 aliphatic rings. The average molecular weight is 337 g/mol. The Labute approximate surface area is 143 Å². The molecule has 2 fully saturated rings. The number of rotatable bonds is 6. The van der Waals surface area contributed by atoms with Crippen molar-refractivity contribution in [1.82, 2.24) is 5.06 Å². The fraction of sp³-hybridized carbons (Fsp3) is 0.722. The van der Waals surface area contributed by atoms with Crippen molar-refractivity contribution >= 4 is 18.0 Å². The average Bonchev–Trinajstić information content (AvgIpc) is 3.28. The van der Waals surface area contributed by atoms with Gasteiger partial charge in [0.2, 0.25) is 0 Å². The van der Waals surface area contributed by atoms with E-state index in [-0.39, 0.29) is 19.4 Å². The van der Waals surface area contributed by atoms with E-state index in [1.54, 1.807) is 0 Å². The number of imide groups is 1. The number of carbonyl (C=O) groups excluding carboxylic acids is 3. The minimum atomic E-state index is -0.989. The summed E-state index contributed by atoms with van der Waals surface area (Å²) in [6.07, 6.45) is 4.10. The topological polar surface area (TPSA) is 72.9 Å². The summed E-state index contributed by atoms with van der Waals surface area (Å²) in [4.78, 5) is 38.6. The van der Waals surface area contributed by atoms with Crippen LogP contribution in [-0.2, 0) is 19.2 Å². The van der Waals surface area contributed by atoms with Crippen LogP contribution in [0.5, 0.6) is 0 Å². The second kappa shape index (κ2) is 10.7. The molecule has 6 heteroatoms. The van der Waals surface area contributed by atoms with Gasteiger partial charge in [0.25, 0.3) is 11.8 Å². The van der Waals surface area contributed by atoms with Gasteiger partial charge in [-0.1, -0.05) is 25.8 Å². The Kier molecular flexibility index (Phi) is 8.92. The molecule has 2 amide bonds. The third kappa shape index (κ3) is 6.61. The standard InChI is InChI=1S/C16H21NO5.C2H6/c1-2-3-4-5-6-7-12-10-13(12)11-21-16(20)22-17-14(18)8-9-15(17)19;1-2/h12-13H,2-3,6-11H2,1H3;1-2H3/t12-,13-;/m0./s1. The van der Waals surface area contributed by atoms with E-state index >= 15 is 0 Å². The zero-order valence-electron chi connectivity index (χ0n) is 14.8. The van der Waals surface area contributed by atoms with E-state index in [1.807, 2.05) is 13.8 Å². The zero-order chi connectivity index (χ0) is 17.9. The second-order valence-corrected chi connectivity index (χ2v) is 5.63. The Morgan fingerprint density at radius 3 is 2.38 bits per heavy atom. The van der Waals surface area contributed by atoms with Crippen LogP contribution in [0.15, 0.2) is 0 Å². The van der Waals surface area contributed by atoms with Crippen molar-refractivity contribution in [1.29, 1.82) is 0 Å². The van der Waals surface area contributed by atoms with E-state index in [9.17, 15) is 14.4 Å². The molecule has 0 bridgehead atoms. The van der Waals surface area contributed by atoms with Crippen LogP contribution in [-0.4, -0.2) is 29.6 Å². The summed E-state index contributed by atoms with van der Waals surface area (Å²) in [5.74, 6) is 6.12. The van der Waals surface area contributed by atoms with E-state index in [2.05, 4.69) is 23.6 Å². The van der Waals surface area contributed by atoms with Gasteiger partial charge < -0.3 is 4.74 Å². The number of hydrogen-bond acceptors (Lipinski definition) is 5. The Morgan fingerprint density at radius 1 is 1.12 bits per heavy atom. The third-order valence-corrected chi connectivity index (χ3v) is 3.80. The molecule has 1 saturated heterocycles. The van der Waals surface area contributed by atoms with Crippen LogP contribution in [0.4, 0.5) is 4.79 Å². The Bertz CT molecular complexity index is 489. The highest BCUT2D eigenvalue weighted by molar-refractivity contribution is 6.01. The van der Waals surface area contributed by atoms with Crippen molar-refractivity contribution in [2.75, 3.05) is 6.61 Å². The van der Waals surface area contributed by atoms with Gasteiger partial charge in [-0.05, 0) is 31.1 Å². The normalized spacial score (nSPS) is 21.4. The van der Waals surface area contributed by atoms with Gasteiger partial charge in [0.1, 0.15) is 0 Å². The fourth-order valence-corrected chi connectivity index (χ4v) is 2.36. The van der Waals surface area contributed by atoms with Crippen LogP contribution >= 0.6 is 0 Å². The summed E-state index contributed by atoms with van der Waals surface area (Å²) in [6.45, 7) is 6.37. The predicted molar refractivity (Wildman–Crippen MR) is 88.4 cm³/mol. The maximum absolute atomic E-state index is 11.4. The van der Waals surface area contributed by atoms with E-state index < -0.39 is 18.0 Å². The monoisotopic (exact) mass is 337 g/mol. The Morgan fingerprint density at radius 2 is 1.75 bits per heavy atom. The molecule has 0 aromatic heterocycles. The number of hydrogen-bond donors (Lipinski definition) is 0. The number of amides is 2. The first-order chi connectivity index (χ1) is 11.6. The number of nitrogens with zero attached hydrogens (tertiary/aromatic N) is 1. The molecule has 1 aliphatic heterocycles. The van der Waals surface area contributed by atoms with Gasteiger partial charge in [-0.15, -0.1) is 11.8 Å². The van der Waals surface area contributed by atoms with Crippen LogP contribution in [0.2, 0.25) is 0 Å². The predicted octanol–water partition coefficient (Wildman–Crippen LogP) is 3.45. The first-order valence-corrected chi connectivity index (χ1v) is 8.78. The molecule has 0 unspecified atom stereocenters. The highest BCUT2D eigenvalue weighted by Crippen LogP contribution is 2.42. The molecular weight excluding hydrogens is 310 g/mol. The van der Waals surface area contributed by atoms with Crippen LogP contribution in [0, 0.1) is 23.7 Å². The van der Waals surface area contributed by atoms with Crippen molar-refractivity contribution < 1.29 is 24.0 Å². The molecule has 0 radical (unpaired) electrons. The molecule has 0 spiro atoms. The molecule has 1 saturated carbocycles. The van der Waals surface area contributed by atoms with Gasteiger partial charge in [-0.2, -0.15) is 0 Å². The molecule has 2 atom stereocenters. The summed E-state index contributed by atoms with van der Waals surface area (Å²) in [5.41, 5.74) is 0. The molecule has 2 rings (SSSR count). The molecule has 6 nitrogen and oxygen atoms in total. The quantitative estimate of drug-likeness (QED) is 0.422. The van der Waals surface area contributed by atoms with Gasteiger partial charge in [-0.25, -0.2) is 4.79 Å². The van der Waals surface area contributed by atoms with Gasteiger partial charge in [0, 0.05) is 25.7 Å². The van der Waals surface area contributed by atoms with E-state index in [0.29, 0.717) is 16.9 Å². The number of unbranched alkanes of at least 4 members (excludes halogenated alkanes) is 1. The first kappa shape index (κ1) is 20.0. The first-order valence-electron chi connectivity index (χ1n) is 8.78. The van der Waals surface area contributed by atoms with Gasteiger partial charge in [0.05, 0.1) is 6.61 Å². The maximum Gasteiger partial charge on any atom is 0.533 e. The van der Waals surface area contributed by atoms with Crippen LogP contribution in [0.25, 0.3) is 0 Å². The zero-order valence-corrected chi connectivity index (χ0v) is 14.8. The smallest absolute Gasteiger partial charge is 0.432 e. The molecule has 0 N–H and O–H groups in total. The Balaban J connectivity index is 0.00000139. The summed E-state index contributed by atoms with van der Waals surface area (Å²) in [7, 11) is 0. The van der Waals surface area contributed by atoms with Crippen LogP contribution < -0.4 is 0 Å². The maximum atomic E-state index is 11.4. The summed E-state index contributed by atoms with van der Waals surface area (Å²) in [5, 5.41) is 0.496. The highest BCUT2D eigenvalue weighted by atomic mass is 16.8. The molecule has 1 heterocycles. The summed E-state index contributed by atoms with van der Waals surface area (Å²) < 4.78 is 4.96. The molecule has 24 heavy (non-hydrogen) atoms. The number of carbonyl (C=O) groups is 3. The van der Waals surface area contributed by atoms with Crippen molar-refractivity contribution in [3.05, 3.63) is 0 Å². The molecular formula is C18H27NO5. The van der Waals surface area contributed by atoms with Crippen molar-refractivity contribution in [3.8, 4) is 11.8 Å². The van der Waals surface area contributed by atoms with Gasteiger partial charge >= 0.3 is 6.16 Å². The lowest BCUT2D eigenvalue weighted by atomic mass is 10.2. The van der Waals surface area contributed by atoms with Crippen molar-refractivity contribution in [2.24, 2.45) is 11.8 Å². The molecule has 1 aliphatic carbocycles. The minimum Gasteiger partial charge on any atom is -0.432 e. The largest absolute Gasteiger partial charge is 0.533 e. The lowest BCUT2D eigenvalue weighted by molar-refractivity contribution is -0.177. The Hall–Kier alpha value is -2.03.